The molecule has 0 spiro atoms. The lowest BCUT2D eigenvalue weighted by atomic mass is 10.2. The Morgan fingerprint density at radius 1 is 1.31 bits per heavy atom. The van der Waals surface area contributed by atoms with E-state index in [-0.39, 0.29) is 23.6 Å². The Hall–Kier alpha value is -2.81. The third-order valence-electron chi connectivity index (χ3n) is 3.47. The highest BCUT2D eigenvalue weighted by Crippen LogP contribution is 2.22. The van der Waals surface area contributed by atoms with E-state index in [0.29, 0.717) is 11.0 Å². The van der Waals surface area contributed by atoms with Gasteiger partial charge < -0.3 is 9.15 Å². The van der Waals surface area contributed by atoms with Crippen molar-refractivity contribution < 1.29 is 13.9 Å². The molecule has 8 nitrogen and oxygen atoms in total. The molecule has 0 bridgehead atoms. The number of nitrogens with one attached hydrogen (secondary N) is 1. The summed E-state index contributed by atoms with van der Waals surface area (Å²) in [6.07, 6.45) is 3.53. The second-order valence-electron chi connectivity index (χ2n) is 5.71. The maximum absolute atomic E-state index is 12.1. The molecule has 0 atom stereocenters. The summed E-state index contributed by atoms with van der Waals surface area (Å²) in [6, 6.07) is 7.71. The normalized spacial score (nSPS) is 10.9. The van der Waals surface area contributed by atoms with Crippen molar-refractivity contribution in [2.24, 2.45) is 0 Å². The van der Waals surface area contributed by atoms with E-state index in [2.05, 4.69) is 20.5 Å². The molecule has 2 aromatic heterocycles. The van der Waals surface area contributed by atoms with Crippen LogP contribution in [0.3, 0.4) is 0 Å². The molecule has 0 saturated heterocycles. The van der Waals surface area contributed by atoms with E-state index in [0.717, 1.165) is 11.4 Å². The lowest BCUT2D eigenvalue weighted by molar-refractivity contribution is -0.113. The van der Waals surface area contributed by atoms with Crippen LogP contribution in [0, 0.1) is 0 Å². The zero-order valence-electron chi connectivity index (χ0n) is 14.7. The number of benzene rings is 1. The highest BCUT2D eigenvalue weighted by atomic mass is 32.2. The molecule has 0 fully saturated rings. The van der Waals surface area contributed by atoms with Crippen LogP contribution in [0.1, 0.15) is 25.7 Å². The smallest absolute Gasteiger partial charge is 0.322 e. The number of carbonyl (C=O) groups excluding carboxylic acids is 1. The lowest BCUT2D eigenvalue weighted by Gasteiger charge is -2.08. The van der Waals surface area contributed by atoms with Gasteiger partial charge >= 0.3 is 6.01 Å². The number of aromatic nitrogens is 4. The van der Waals surface area contributed by atoms with E-state index < -0.39 is 0 Å². The molecule has 9 heteroatoms. The molecule has 0 aliphatic carbocycles. The summed E-state index contributed by atoms with van der Waals surface area (Å²) in [7, 11) is 1.62. The largest absolute Gasteiger partial charge is 0.497 e. The fourth-order valence-electron chi connectivity index (χ4n) is 2.14. The van der Waals surface area contributed by atoms with E-state index >= 15 is 0 Å². The molecule has 26 heavy (non-hydrogen) atoms. The van der Waals surface area contributed by atoms with Crippen LogP contribution in [0.2, 0.25) is 0 Å². The van der Waals surface area contributed by atoms with Gasteiger partial charge in [-0.15, -0.1) is 5.10 Å². The Labute approximate surface area is 155 Å². The molecule has 2 heterocycles. The number of thioether (sulfide) groups is 1. The van der Waals surface area contributed by atoms with Gasteiger partial charge in [0.1, 0.15) is 5.75 Å². The van der Waals surface area contributed by atoms with E-state index in [4.69, 9.17) is 9.15 Å². The maximum atomic E-state index is 12.1. The number of ether oxygens (including phenoxy) is 1. The summed E-state index contributed by atoms with van der Waals surface area (Å²) >= 11 is 1.32. The maximum Gasteiger partial charge on any atom is 0.322 e. The lowest BCUT2D eigenvalue weighted by Crippen LogP contribution is -2.14. The van der Waals surface area contributed by atoms with Crippen molar-refractivity contribution in [1.82, 2.24) is 19.7 Å². The Balaban J connectivity index is 1.61. The van der Waals surface area contributed by atoms with Gasteiger partial charge in [-0.3, -0.25) is 14.7 Å². The molecular weight excluding hydrogens is 354 g/mol. The SMILES string of the molecule is COc1ccc(-n2ccnc2SCC(=O)Nc2nnc(C(C)C)o2)cc1. The molecule has 136 valence electrons. The summed E-state index contributed by atoms with van der Waals surface area (Å²) < 4.78 is 12.4. The van der Waals surface area contributed by atoms with Crippen LogP contribution in [0.25, 0.3) is 5.69 Å². The highest BCUT2D eigenvalue weighted by molar-refractivity contribution is 7.99. The summed E-state index contributed by atoms with van der Waals surface area (Å²) in [6.45, 7) is 3.88. The zero-order valence-corrected chi connectivity index (χ0v) is 15.5. The minimum atomic E-state index is -0.238. The van der Waals surface area contributed by atoms with Gasteiger partial charge in [0.05, 0.1) is 12.9 Å². The summed E-state index contributed by atoms with van der Waals surface area (Å²) in [4.78, 5) is 16.4. The average molecular weight is 373 g/mol. The first-order valence-corrected chi connectivity index (χ1v) is 8.99. The average Bonchev–Trinajstić information content (AvgIpc) is 3.29. The van der Waals surface area contributed by atoms with Crippen molar-refractivity contribution in [1.29, 1.82) is 0 Å². The number of carbonyl (C=O) groups is 1. The van der Waals surface area contributed by atoms with Crippen molar-refractivity contribution in [2.75, 3.05) is 18.2 Å². The number of methoxy groups -OCH3 is 1. The van der Waals surface area contributed by atoms with Gasteiger partial charge in [0, 0.05) is 24.0 Å². The molecule has 0 radical (unpaired) electrons. The third-order valence-corrected chi connectivity index (χ3v) is 4.44. The summed E-state index contributed by atoms with van der Waals surface area (Å²) in [5.41, 5.74) is 0.935. The predicted octanol–water partition coefficient (Wildman–Crippen LogP) is 3.12. The van der Waals surface area contributed by atoms with Crippen LogP contribution >= 0.6 is 11.8 Å². The number of rotatable bonds is 7. The quantitative estimate of drug-likeness (QED) is 0.636. The van der Waals surface area contributed by atoms with Crippen molar-refractivity contribution in [3.8, 4) is 11.4 Å². The van der Waals surface area contributed by atoms with E-state index in [1.54, 1.807) is 13.3 Å². The standard InChI is InChI=1S/C17H19N5O3S/c1-11(2)15-20-21-16(25-15)19-14(23)10-26-17-18-8-9-22(17)12-4-6-13(24-3)7-5-12/h4-9,11H,10H2,1-3H3,(H,19,21,23). The second-order valence-corrected chi connectivity index (χ2v) is 6.66. The first-order chi connectivity index (χ1) is 12.6. The number of hydrogen-bond donors (Lipinski definition) is 1. The molecule has 1 amide bonds. The van der Waals surface area contributed by atoms with Crippen molar-refractivity contribution >= 4 is 23.7 Å². The first-order valence-electron chi connectivity index (χ1n) is 8.00. The van der Waals surface area contributed by atoms with Crippen LogP contribution in [0.15, 0.2) is 46.2 Å². The van der Waals surface area contributed by atoms with Crippen LogP contribution in [-0.4, -0.2) is 38.5 Å². The zero-order chi connectivity index (χ0) is 18.5. The number of amides is 1. The molecule has 3 aromatic rings. The molecule has 0 saturated carbocycles. The van der Waals surface area contributed by atoms with Gasteiger partial charge in [-0.1, -0.05) is 30.7 Å². The van der Waals surface area contributed by atoms with Gasteiger partial charge in [0.25, 0.3) is 0 Å². The fraction of sp³-hybridized carbons (Fsp3) is 0.294. The Morgan fingerprint density at radius 3 is 2.73 bits per heavy atom. The highest BCUT2D eigenvalue weighted by Gasteiger charge is 2.14. The number of nitrogens with zero attached hydrogens (tertiary/aromatic N) is 4. The Kier molecular flexibility index (Phi) is 5.57. The minimum Gasteiger partial charge on any atom is -0.497 e. The van der Waals surface area contributed by atoms with Gasteiger partial charge in [0.15, 0.2) is 5.16 Å². The monoisotopic (exact) mass is 373 g/mol. The summed E-state index contributed by atoms with van der Waals surface area (Å²) in [5, 5.41) is 11.0. The molecule has 0 aliphatic rings. The van der Waals surface area contributed by atoms with Crippen LogP contribution in [-0.2, 0) is 4.79 Å². The van der Waals surface area contributed by atoms with Gasteiger partial charge in [-0.25, -0.2) is 4.98 Å². The second kappa shape index (κ2) is 8.05. The minimum absolute atomic E-state index is 0.109. The number of hydrogen-bond acceptors (Lipinski definition) is 7. The van der Waals surface area contributed by atoms with E-state index in [1.165, 1.54) is 11.8 Å². The van der Waals surface area contributed by atoms with Crippen LogP contribution < -0.4 is 10.1 Å². The Bertz CT molecular complexity index is 873. The van der Waals surface area contributed by atoms with Crippen molar-refractivity contribution in [3.63, 3.8) is 0 Å². The van der Waals surface area contributed by atoms with Crippen LogP contribution in [0.4, 0.5) is 6.01 Å². The molecule has 0 unspecified atom stereocenters. The number of imidazole rings is 1. The molecule has 1 N–H and O–H groups in total. The third kappa shape index (κ3) is 4.23. The molecular formula is C17H19N5O3S. The first kappa shape index (κ1) is 18.0. The number of anilines is 1. The Morgan fingerprint density at radius 2 is 2.08 bits per heavy atom. The summed E-state index contributed by atoms with van der Waals surface area (Å²) in [5.74, 6) is 1.32. The van der Waals surface area contributed by atoms with Gasteiger partial charge in [-0.2, -0.15) is 0 Å². The topological polar surface area (TPSA) is 95.1 Å². The molecule has 0 aliphatic heterocycles. The van der Waals surface area contributed by atoms with Crippen LogP contribution in [0.5, 0.6) is 5.75 Å². The van der Waals surface area contributed by atoms with E-state index in [1.807, 2.05) is 48.9 Å². The molecule has 3 rings (SSSR count). The molecule has 1 aromatic carbocycles. The van der Waals surface area contributed by atoms with Gasteiger partial charge in [0.2, 0.25) is 11.8 Å². The predicted molar refractivity (Wildman–Crippen MR) is 97.9 cm³/mol. The van der Waals surface area contributed by atoms with Gasteiger partial charge in [-0.05, 0) is 24.3 Å². The van der Waals surface area contributed by atoms with Crippen molar-refractivity contribution in [2.45, 2.75) is 24.9 Å². The van der Waals surface area contributed by atoms with E-state index in [9.17, 15) is 4.79 Å². The van der Waals surface area contributed by atoms with Crippen molar-refractivity contribution in [3.05, 3.63) is 42.5 Å². The fourth-order valence-corrected chi connectivity index (χ4v) is 2.91.